The Labute approximate surface area is 173 Å². The number of anilines is 3. The lowest BCUT2D eigenvalue weighted by Gasteiger charge is -2.30. The second-order valence-electron chi connectivity index (χ2n) is 7.90. The van der Waals surface area contributed by atoms with E-state index in [0.29, 0.717) is 17.9 Å². The molecule has 0 unspecified atom stereocenters. The van der Waals surface area contributed by atoms with Crippen LogP contribution in [0.25, 0.3) is 0 Å². The van der Waals surface area contributed by atoms with Crippen LogP contribution in [0.3, 0.4) is 0 Å². The van der Waals surface area contributed by atoms with Gasteiger partial charge in [-0.25, -0.2) is 4.98 Å². The smallest absolute Gasteiger partial charge is 0.236 e. The van der Waals surface area contributed by atoms with Crippen molar-refractivity contribution in [3.05, 3.63) is 42.1 Å². The molecule has 7 heteroatoms. The number of carbonyl (C=O) groups is 1. The number of hydrogen-bond acceptors (Lipinski definition) is 6. The monoisotopic (exact) mass is 396 g/mol. The summed E-state index contributed by atoms with van der Waals surface area (Å²) in [5, 5.41) is 3.50. The topological polar surface area (TPSA) is 87.4 Å². The van der Waals surface area contributed by atoms with Crippen LogP contribution in [-0.2, 0) is 4.79 Å². The number of amides is 1. The number of benzene rings is 1. The van der Waals surface area contributed by atoms with E-state index >= 15 is 0 Å². The summed E-state index contributed by atoms with van der Waals surface area (Å²) >= 11 is 0. The van der Waals surface area contributed by atoms with Crippen LogP contribution in [0.5, 0.6) is 0 Å². The summed E-state index contributed by atoms with van der Waals surface area (Å²) in [5.74, 6) is 1.84. The fourth-order valence-corrected chi connectivity index (χ4v) is 3.97. The normalized spacial score (nSPS) is 18.9. The summed E-state index contributed by atoms with van der Waals surface area (Å²) in [6.07, 6.45) is 6.21. The second kappa shape index (κ2) is 9.58. The molecular weight excluding hydrogens is 364 g/mol. The number of nitrogens with zero attached hydrogens (tertiary/aromatic N) is 4. The fourth-order valence-electron chi connectivity index (χ4n) is 3.97. The minimum atomic E-state index is -0.301. The summed E-state index contributed by atoms with van der Waals surface area (Å²) in [6, 6.07) is 10.9. The van der Waals surface area contributed by atoms with E-state index < -0.39 is 0 Å². The first-order chi connectivity index (χ1) is 14.0. The lowest BCUT2D eigenvalue weighted by Crippen LogP contribution is -2.33. The third-order valence-electron chi connectivity index (χ3n) is 5.59. The van der Waals surface area contributed by atoms with Gasteiger partial charge >= 0.3 is 0 Å². The Bertz CT molecular complexity index is 816. The minimum absolute atomic E-state index is 0.253. The van der Waals surface area contributed by atoms with Crippen molar-refractivity contribution >= 4 is 23.4 Å². The second-order valence-corrected chi connectivity index (χ2v) is 7.90. The Morgan fingerprint density at radius 1 is 1.21 bits per heavy atom. The maximum atomic E-state index is 11.3. The molecule has 156 valence electrons. The van der Waals surface area contributed by atoms with E-state index in [1.54, 1.807) is 6.20 Å². The van der Waals surface area contributed by atoms with Gasteiger partial charge in [0.25, 0.3) is 0 Å². The maximum absolute atomic E-state index is 11.3. The Kier molecular flexibility index (Phi) is 6.90. The van der Waals surface area contributed by atoms with Crippen LogP contribution in [0, 0.1) is 0 Å². The molecule has 1 aliphatic carbocycles. The van der Waals surface area contributed by atoms with Gasteiger partial charge < -0.3 is 20.9 Å². The molecule has 1 saturated carbocycles. The molecule has 3 rings (SSSR count). The Balaban J connectivity index is 1.60. The summed E-state index contributed by atoms with van der Waals surface area (Å²) in [7, 11) is 3.96. The average Bonchev–Trinajstić information content (AvgIpc) is 2.72. The number of nitrogens with one attached hydrogen (secondary N) is 1. The molecule has 1 amide bonds. The highest BCUT2D eigenvalue weighted by Crippen LogP contribution is 2.35. The average molecular weight is 397 g/mol. The van der Waals surface area contributed by atoms with Gasteiger partial charge in [-0.15, -0.1) is 0 Å². The van der Waals surface area contributed by atoms with Crippen LogP contribution in [0.1, 0.15) is 44.1 Å². The molecule has 1 aliphatic rings. The molecule has 0 saturated heterocycles. The fraction of sp³-hybridized carbons (Fsp3) is 0.500. The predicted molar refractivity (Wildman–Crippen MR) is 119 cm³/mol. The van der Waals surface area contributed by atoms with E-state index in [0.717, 1.165) is 43.7 Å². The minimum Gasteiger partial charge on any atom is -0.368 e. The third-order valence-corrected chi connectivity index (χ3v) is 5.59. The van der Waals surface area contributed by atoms with Crippen LogP contribution >= 0.6 is 0 Å². The number of rotatable bonds is 8. The molecule has 1 aromatic heterocycles. The zero-order valence-electron chi connectivity index (χ0n) is 17.6. The van der Waals surface area contributed by atoms with Gasteiger partial charge in [-0.05, 0) is 62.3 Å². The maximum Gasteiger partial charge on any atom is 0.236 e. The van der Waals surface area contributed by atoms with Crippen molar-refractivity contribution in [3.63, 3.8) is 0 Å². The van der Waals surface area contributed by atoms with Gasteiger partial charge in [0.1, 0.15) is 5.82 Å². The van der Waals surface area contributed by atoms with Crippen molar-refractivity contribution in [3.8, 4) is 0 Å². The number of aromatic nitrogens is 2. The van der Waals surface area contributed by atoms with Crippen molar-refractivity contribution in [2.24, 2.45) is 5.73 Å². The van der Waals surface area contributed by atoms with Gasteiger partial charge in [-0.2, -0.15) is 4.98 Å². The van der Waals surface area contributed by atoms with Crippen molar-refractivity contribution < 1.29 is 4.79 Å². The summed E-state index contributed by atoms with van der Waals surface area (Å²) < 4.78 is 0. The lowest BCUT2D eigenvalue weighted by molar-refractivity contribution is -0.116. The van der Waals surface area contributed by atoms with Gasteiger partial charge in [0.15, 0.2) is 0 Å². The van der Waals surface area contributed by atoms with Gasteiger partial charge in [-0.3, -0.25) is 4.79 Å². The molecule has 7 nitrogen and oxygen atoms in total. The van der Waals surface area contributed by atoms with Crippen molar-refractivity contribution in [1.29, 1.82) is 0 Å². The van der Waals surface area contributed by atoms with Gasteiger partial charge in [0, 0.05) is 38.6 Å². The summed E-state index contributed by atoms with van der Waals surface area (Å²) in [6.45, 7) is 3.05. The van der Waals surface area contributed by atoms with E-state index in [4.69, 9.17) is 5.73 Å². The van der Waals surface area contributed by atoms with Crippen LogP contribution in [0.15, 0.2) is 36.5 Å². The van der Waals surface area contributed by atoms with Crippen LogP contribution in [0.4, 0.5) is 17.5 Å². The quantitative estimate of drug-likeness (QED) is 0.713. The lowest BCUT2D eigenvalue weighted by atomic mass is 9.81. The van der Waals surface area contributed by atoms with Crippen molar-refractivity contribution in [2.75, 3.05) is 42.3 Å². The van der Waals surface area contributed by atoms with Gasteiger partial charge in [-0.1, -0.05) is 12.1 Å². The molecule has 1 fully saturated rings. The zero-order valence-corrected chi connectivity index (χ0v) is 17.6. The number of hydrogen-bond donors (Lipinski definition) is 2. The number of primary amides is 1. The third kappa shape index (κ3) is 5.59. The molecule has 0 radical (unpaired) electrons. The van der Waals surface area contributed by atoms with E-state index in [2.05, 4.69) is 39.6 Å². The SMILES string of the molecule is CCN(CC(N)=O)c1cccc(C2CCC(Nc3nccc(N(C)C)n3)CC2)c1. The first-order valence-electron chi connectivity index (χ1n) is 10.4. The number of nitrogens with two attached hydrogens (primary N) is 1. The van der Waals surface area contributed by atoms with Gasteiger partial charge in [0.05, 0.1) is 6.54 Å². The molecule has 1 aromatic carbocycles. The van der Waals surface area contributed by atoms with Crippen LogP contribution in [0.2, 0.25) is 0 Å². The largest absolute Gasteiger partial charge is 0.368 e. The first-order valence-corrected chi connectivity index (χ1v) is 10.4. The van der Waals surface area contributed by atoms with Crippen molar-refractivity contribution in [2.45, 2.75) is 44.6 Å². The predicted octanol–water partition coefficient (Wildman–Crippen LogP) is 2.99. The first kappa shape index (κ1) is 20.9. The molecular formula is C22H32N6O. The highest BCUT2D eigenvalue weighted by Gasteiger charge is 2.23. The molecule has 0 spiro atoms. The molecule has 1 heterocycles. The Morgan fingerprint density at radius 2 is 1.97 bits per heavy atom. The molecule has 0 aliphatic heterocycles. The molecule has 2 aromatic rings. The zero-order chi connectivity index (χ0) is 20.8. The summed E-state index contributed by atoms with van der Waals surface area (Å²) in [4.78, 5) is 24.3. The highest BCUT2D eigenvalue weighted by atomic mass is 16.1. The molecule has 0 bridgehead atoms. The van der Waals surface area contributed by atoms with Crippen LogP contribution in [-0.4, -0.2) is 49.1 Å². The van der Waals surface area contributed by atoms with E-state index in [1.165, 1.54) is 5.56 Å². The Morgan fingerprint density at radius 3 is 2.62 bits per heavy atom. The van der Waals surface area contributed by atoms with E-state index in [1.807, 2.05) is 36.9 Å². The Hall–Kier alpha value is -2.83. The summed E-state index contributed by atoms with van der Waals surface area (Å²) in [5.41, 5.74) is 7.80. The van der Waals surface area contributed by atoms with Gasteiger partial charge in [0.2, 0.25) is 11.9 Å². The molecule has 0 atom stereocenters. The van der Waals surface area contributed by atoms with E-state index in [9.17, 15) is 4.79 Å². The molecule has 29 heavy (non-hydrogen) atoms. The standard InChI is InChI=1S/C22H32N6O/c1-4-28(15-20(23)29)19-7-5-6-17(14-19)16-8-10-18(11-9-16)25-22-24-13-12-21(26-22)27(2)3/h5-7,12-14,16,18H,4,8-11,15H2,1-3H3,(H2,23,29)(H,24,25,26). The number of likely N-dealkylation sites (N-methyl/N-ethyl adjacent to an activating group) is 1. The molecule has 3 N–H and O–H groups in total. The van der Waals surface area contributed by atoms with E-state index in [-0.39, 0.29) is 12.5 Å². The highest BCUT2D eigenvalue weighted by molar-refractivity contribution is 5.79. The number of carbonyl (C=O) groups excluding carboxylic acids is 1. The van der Waals surface area contributed by atoms with Crippen molar-refractivity contribution in [1.82, 2.24) is 9.97 Å². The van der Waals surface area contributed by atoms with Crippen LogP contribution < -0.4 is 20.9 Å².